The van der Waals surface area contributed by atoms with E-state index < -0.39 is 5.97 Å². The molecule has 0 spiro atoms. The number of hydrogen-bond donors (Lipinski definition) is 1. The van der Waals surface area contributed by atoms with Crippen LogP contribution in [0.5, 0.6) is 0 Å². The van der Waals surface area contributed by atoms with Gasteiger partial charge in [-0.25, -0.2) is 4.79 Å². The molecule has 0 aliphatic heterocycles. The first-order valence-electron chi connectivity index (χ1n) is 4.89. The van der Waals surface area contributed by atoms with Crippen molar-refractivity contribution >= 4 is 5.97 Å². The zero-order chi connectivity index (χ0) is 11.5. The van der Waals surface area contributed by atoms with Crippen molar-refractivity contribution < 1.29 is 14.4 Å². The Morgan fingerprint density at radius 1 is 1.38 bits per heavy atom. The van der Waals surface area contributed by atoms with Crippen molar-refractivity contribution in [2.45, 2.75) is 13.3 Å². The third-order valence-electron chi connectivity index (χ3n) is 2.36. The number of nitrogens with zero attached hydrogens (tertiary/aromatic N) is 1. The average molecular weight is 217 g/mol. The maximum atomic E-state index is 10.8. The fourth-order valence-corrected chi connectivity index (χ4v) is 1.46. The van der Waals surface area contributed by atoms with Crippen molar-refractivity contribution in [2.75, 3.05) is 0 Å². The topological polar surface area (TPSA) is 63.3 Å². The van der Waals surface area contributed by atoms with Crippen LogP contribution in [0, 0.1) is 6.92 Å². The number of rotatable bonds is 3. The number of aryl methyl sites for hydroxylation is 1. The van der Waals surface area contributed by atoms with E-state index in [1.165, 1.54) is 11.8 Å². The Labute approximate surface area is 92.5 Å². The molecule has 0 unspecified atom stereocenters. The summed E-state index contributed by atoms with van der Waals surface area (Å²) >= 11 is 0. The molecule has 1 heterocycles. The van der Waals surface area contributed by atoms with Crippen molar-refractivity contribution in [3.05, 3.63) is 52.9 Å². The Morgan fingerprint density at radius 2 is 2.06 bits per heavy atom. The molecule has 0 saturated carbocycles. The molecular formula is C12H11NO3. The molecule has 0 bridgehead atoms. The second kappa shape index (κ2) is 4.18. The van der Waals surface area contributed by atoms with E-state index in [0.717, 1.165) is 5.56 Å². The van der Waals surface area contributed by atoms with Crippen LogP contribution < -0.4 is 0 Å². The highest BCUT2D eigenvalue weighted by atomic mass is 16.5. The summed E-state index contributed by atoms with van der Waals surface area (Å²) in [5.41, 5.74) is 2.30. The molecule has 82 valence electrons. The summed E-state index contributed by atoms with van der Waals surface area (Å²) < 4.78 is 4.93. The second-order valence-corrected chi connectivity index (χ2v) is 3.63. The van der Waals surface area contributed by atoms with Gasteiger partial charge in [0.05, 0.1) is 6.20 Å². The standard InChI is InChI=1S/C12H11NO3/c1-8-2-4-9(5-3-8)6-11-10(12(14)15)7-13-16-11/h2-5,7H,6H2,1H3,(H,14,15). The van der Waals surface area contributed by atoms with E-state index in [1.54, 1.807) is 0 Å². The van der Waals surface area contributed by atoms with E-state index in [0.29, 0.717) is 12.2 Å². The maximum Gasteiger partial charge on any atom is 0.340 e. The Balaban J connectivity index is 2.23. The monoisotopic (exact) mass is 217 g/mol. The maximum absolute atomic E-state index is 10.8. The number of carbonyl (C=O) groups is 1. The van der Waals surface area contributed by atoms with Crippen molar-refractivity contribution in [2.24, 2.45) is 0 Å². The molecule has 4 nitrogen and oxygen atoms in total. The summed E-state index contributed by atoms with van der Waals surface area (Å²) in [5, 5.41) is 12.4. The van der Waals surface area contributed by atoms with Gasteiger partial charge in [-0.2, -0.15) is 0 Å². The van der Waals surface area contributed by atoms with Gasteiger partial charge in [0.2, 0.25) is 0 Å². The van der Waals surface area contributed by atoms with Gasteiger partial charge in [-0.15, -0.1) is 0 Å². The van der Waals surface area contributed by atoms with Crippen LogP contribution in [-0.4, -0.2) is 16.2 Å². The van der Waals surface area contributed by atoms with Crippen molar-refractivity contribution in [3.63, 3.8) is 0 Å². The van der Waals surface area contributed by atoms with Crippen LogP contribution in [0.3, 0.4) is 0 Å². The molecular weight excluding hydrogens is 206 g/mol. The molecule has 1 N–H and O–H groups in total. The first-order chi connectivity index (χ1) is 7.66. The number of benzene rings is 1. The van der Waals surface area contributed by atoms with Crippen LogP contribution in [0.1, 0.15) is 27.2 Å². The molecule has 0 saturated heterocycles. The molecule has 0 amide bonds. The Kier molecular flexibility index (Phi) is 2.72. The van der Waals surface area contributed by atoms with E-state index in [1.807, 2.05) is 31.2 Å². The molecule has 2 rings (SSSR count). The Hall–Kier alpha value is -2.10. The molecule has 1 aromatic carbocycles. The molecule has 0 aliphatic rings. The van der Waals surface area contributed by atoms with E-state index >= 15 is 0 Å². The number of hydrogen-bond acceptors (Lipinski definition) is 3. The lowest BCUT2D eigenvalue weighted by Gasteiger charge is -1.99. The van der Waals surface area contributed by atoms with E-state index in [9.17, 15) is 4.79 Å². The van der Waals surface area contributed by atoms with Gasteiger partial charge in [0.15, 0.2) is 5.76 Å². The smallest absolute Gasteiger partial charge is 0.340 e. The van der Waals surface area contributed by atoms with Gasteiger partial charge in [0.25, 0.3) is 0 Å². The predicted molar refractivity (Wildman–Crippen MR) is 57.4 cm³/mol. The molecule has 4 heteroatoms. The molecule has 0 radical (unpaired) electrons. The van der Waals surface area contributed by atoms with Crippen LogP contribution in [-0.2, 0) is 6.42 Å². The zero-order valence-electron chi connectivity index (χ0n) is 8.80. The van der Waals surface area contributed by atoms with Gasteiger partial charge in [-0.05, 0) is 12.5 Å². The minimum atomic E-state index is -1.01. The highest BCUT2D eigenvalue weighted by Crippen LogP contribution is 2.14. The summed E-state index contributed by atoms with van der Waals surface area (Å²) in [5.74, 6) is -0.625. The van der Waals surface area contributed by atoms with Crippen LogP contribution in [0.4, 0.5) is 0 Å². The third-order valence-corrected chi connectivity index (χ3v) is 2.36. The quantitative estimate of drug-likeness (QED) is 0.856. The molecule has 1 aromatic heterocycles. The molecule has 2 aromatic rings. The lowest BCUT2D eigenvalue weighted by molar-refractivity contribution is 0.0694. The summed E-state index contributed by atoms with van der Waals surface area (Å²) in [6.07, 6.45) is 1.67. The normalized spacial score (nSPS) is 10.3. The third kappa shape index (κ3) is 2.11. The van der Waals surface area contributed by atoms with Crippen LogP contribution >= 0.6 is 0 Å². The average Bonchev–Trinajstić information content (AvgIpc) is 2.69. The van der Waals surface area contributed by atoms with Gasteiger partial charge in [0, 0.05) is 6.42 Å². The van der Waals surface area contributed by atoms with Crippen molar-refractivity contribution in [3.8, 4) is 0 Å². The molecule has 0 atom stereocenters. The van der Waals surface area contributed by atoms with E-state index in [-0.39, 0.29) is 5.56 Å². The SMILES string of the molecule is Cc1ccc(Cc2oncc2C(=O)O)cc1. The number of aromatic carboxylic acids is 1. The van der Waals surface area contributed by atoms with E-state index in [4.69, 9.17) is 9.63 Å². The minimum Gasteiger partial charge on any atom is -0.478 e. The number of carboxylic acid groups (broad SMARTS) is 1. The number of aromatic nitrogens is 1. The second-order valence-electron chi connectivity index (χ2n) is 3.63. The summed E-state index contributed by atoms with van der Waals surface area (Å²) in [4.78, 5) is 10.8. The summed E-state index contributed by atoms with van der Waals surface area (Å²) in [6.45, 7) is 2.00. The van der Waals surface area contributed by atoms with Gasteiger partial charge in [-0.3, -0.25) is 0 Å². The molecule has 16 heavy (non-hydrogen) atoms. The largest absolute Gasteiger partial charge is 0.478 e. The lowest BCUT2D eigenvalue weighted by atomic mass is 10.1. The minimum absolute atomic E-state index is 0.126. The highest BCUT2D eigenvalue weighted by molar-refractivity contribution is 5.88. The first-order valence-corrected chi connectivity index (χ1v) is 4.89. The Bertz CT molecular complexity index is 499. The zero-order valence-corrected chi connectivity index (χ0v) is 8.80. The summed E-state index contributed by atoms with van der Waals surface area (Å²) in [6, 6.07) is 7.85. The number of carboxylic acids is 1. The highest BCUT2D eigenvalue weighted by Gasteiger charge is 2.14. The predicted octanol–water partition coefficient (Wildman–Crippen LogP) is 2.27. The van der Waals surface area contributed by atoms with Gasteiger partial charge >= 0.3 is 5.97 Å². The van der Waals surface area contributed by atoms with Crippen LogP contribution in [0.25, 0.3) is 0 Å². The summed E-state index contributed by atoms with van der Waals surface area (Å²) in [7, 11) is 0. The molecule has 0 aliphatic carbocycles. The van der Waals surface area contributed by atoms with Crippen molar-refractivity contribution in [1.29, 1.82) is 0 Å². The Morgan fingerprint density at radius 3 is 2.69 bits per heavy atom. The van der Waals surface area contributed by atoms with Crippen molar-refractivity contribution in [1.82, 2.24) is 5.16 Å². The van der Waals surface area contributed by atoms with Crippen LogP contribution in [0.15, 0.2) is 35.0 Å². The fourth-order valence-electron chi connectivity index (χ4n) is 1.46. The van der Waals surface area contributed by atoms with Gasteiger partial charge < -0.3 is 9.63 Å². The lowest BCUT2D eigenvalue weighted by Crippen LogP contribution is -1.99. The fraction of sp³-hybridized carbons (Fsp3) is 0.167. The van der Waals surface area contributed by atoms with Gasteiger partial charge in [0.1, 0.15) is 5.56 Å². The van der Waals surface area contributed by atoms with E-state index in [2.05, 4.69) is 5.16 Å². The first kappa shape index (κ1) is 10.4. The van der Waals surface area contributed by atoms with Crippen LogP contribution in [0.2, 0.25) is 0 Å². The molecule has 0 fully saturated rings. The van der Waals surface area contributed by atoms with Gasteiger partial charge in [-0.1, -0.05) is 35.0 Å².